The fraction of sp³-hybridized carbons (Fsp3) is 0. The lowest BCUT2D eigenvalue weighted by Crippen LogP contribution is -1.94. The van der Waals surface area contributed by atoms with Crippen LogP contribution >= 0.6 is 0 Å². The minimum atomic E-state index is 1.04. The summed E-state index contributed by atoms with van der Waals surface area (Å²) in [5.41, 5.74) is 2.15. The van der Waals surface area contributed by atoms with Gasteiger partial charge in [-0.25, -0.2) is 9.67 Å². The van der Waals surface area contributed by atoms with Crippen LogP contribution in [0.5, 0.6) is 0 Å². The molecule has 0 saturated carbocycles. The third-order valence-electron chi connectivity index (χ3n) is 2.24. The first-order chi connectivity index (χ1) is 6.95. The topological polar surface area (TPSA) is 46.5 Å². The van der Waals surface area contributed by atoms with Gasteiger partial charge in [-0.05, 0) is 18.2 Å². The number of rotatable bonds is 1. The van der Waals surface area contributed by atoms with Crippen molar-refractivity contribution < 1.29 is 0 Å². The third-order valence-corrected chi connectivity index (χ3v) is 2.24. The van der Waals surface area contributed by atoms with Gasteiger partial charge in [0.15, 0.2) is 0 Å². The Morgan fingerprint density at radius 1 is 1.21 bits per heavy atom. The van der Waals surface area contributed by atoms with Gasteiger partial charge in [-0.3, -0.25) is 0 Å². The molecule has 0 atom stereocenters. The summed E-state index contributed by atoms with van der Waals surface area (Å²) in [6.45, 7) is 0. The van der Waals surface area contributed by atoms with Crippen molar-refractivity contribution in [3.05, 3.63) is 43.1 Å². The molecular weight excluding hydrogens is 176 g/mol. The maximum Gasteiger partial charge on any atom is 0.138 e. The standard InChI is InChI=1S/C10H8N4/c1-2-9-8(4-5-12-9)10(3-1)14-7-11-6-13-14/h1-7,12H. The van der Waals surface area contributed by atoms with Crippen LogP contribution in [0.15, 0.2) is 43.1 Å². The van der Waals surface area contributed by atoms with Gasteiger partial charge < -0.3 is 4.98 Å². The highest BCUT2D eigenvalue weighted by atomic mass is 15.3. The van der Waals surface area contributed by atoms with E-state index in [1.807, 2.05) is 30.5 Å². The maximum atomic E-state index is 4.11. The fourth-order valence-corrected chi connectivity index (χ4v) is 1.60. The lowest BCUT2D eigenvalue weighted by molar-refractivity contribution is 0.886. The number of H-pyrrole nitrogens is 1. The van der Waals surface area contributed by atoms with Crippen molar-refractivity contribution in [2.24, 2.45) is 0 Å². The van der Waals surface area contributed by atoms with E-state index >= 15 is 0 Å². The normalized spacial score (nSPS) is 10.9. The lowest BCUT2D eigenvalue weighted by atomic mass is 10.2. The van der Waals surface area contributed by atoms with Crippen molar-refractivity contribution in [2.45, 2.75) is 0 Å². The molecule has 0 aliphatic heterocycles. The predicted molar refractivity (Wildman–Crippen MR) is 53.2 cm³/mol. The Morgan fingerprint density at radius 2 is 2.21 bits per heavy atom. The second kappa shape index (κ2) is 2.70. The summed E-state index contributed by atoms with van der Waals surface area (Å²) in [5, 5.41) is 5.26. The van der Waals surface area contributed by atoms with Crippen LogP contribution in [-0.4, -0.2) is 19.7 Å². The van der Waals surface area contributed by atoms with E-state index in [0.717, 1.165) is 16.6 Å². The molecule has 0 fully saturated rings. The van der Waals surface area contributed by atoms with E-state index in [9.17, 15) is 0 Å². The summed E-state index contributed by atoms with van der Waals surface area (Å²) in [6.07, 6.45) is 5.15. The zero-order valence-corrected chi connectivity index (χ0v) is 7.38. The lowest BCUT2D eigenvalue weighted by Gasteiger charge is -2.01. The van der Waals surface area contributed by atoms with Gasteiger partial charge in [-0.2, -0.15) is 5.10 Å². The molecule has 3 rings (SSSR count). The third kappa shape index (κ3) is 0.939. The zero-order valence-electron chi connectivity index (χ0n) is 7.38. The van der Waals surface area contributed by atoms with Crippen LogP contribution in [-0.2, 0) is 0 Å². The van der Waals surface area contributed by atoms with E-state index in [2.05, 4.69) is 15.1 Å². The molecule has 0 aliphatic carbocycles. The Bertz CT molecular complexity index is 550. The first kappa shape index (κ1) is 7.32. The summed E-state index contributed by atoms with van der Waals surface area (Å²) in [7, 11) is 0. The number of nitrogens with one attached hydrogen (secondary N) is 1. The number of benzene rings is 1. The predicted octanol–water partition coefficient (Wildman–Crippen LogP) is 1.75. The molecule has 0 unspecified atom stereocenters. The summed E-state index contributed by atoms with van der Waals surface area (Å²) in [4.78, 5) is 7.09. The molecule has 0 bridgehead atoms. The van der Waals surface area contributed by atoms with E-state index in [-0.39, 0.29) is 0 Å². The van der Waals surface area contributed by atoms with Gasteiger partial charge in [0.25, 0.3) is 0 Å². The molecule has 0 saturated heterocycles. The van der Waals surface area contributed by atoms with Gasteiger partial charge in [0.1, 0.15) is 12.7 Å². The highest BCUT2D eigenvalue weighted by molar-refractivity contribution is 5.87. The monoisotopic (exact) mass is 184 g/mol. The minimum Gasteiger partial charge on any atom is -0.361 e. The van der Waals surface area contributed by atoms with E-state index < -0.39 is 0 Å². The van der Waals surface area contributed by atoms with Gasteiger partial charge in [-0.15, -0.1) is 0 Å². The molecule has 14 heavy (non-hydrogen) atoms. The number of nitrogens with zero attached hydrogens (tertiary/aromatic N) is 3. The van der Waals surface area contributed by atoms with Gasteiger partial charge in [-0.1, -0.05) is 6.07 Å². The van der Waals surface area contributed by atoms with Crippen molar-refractivity contribution in [3.8, 4) is 5.69 Å². The second-order valence-corrected chi connectivity index (χ2v) is 3.06. The van der Waals surface area contributed by atoms with E-state index in [0.29, 0.717) is 0 Å². The largest absolute Gasteiger partial charge is 0.361 e. The van der Waals surface area contributed by atoms with Crippen LogP contribution in [0.2, 0.25) is 0 Å². The highest BCUT2D eigenvalue weighted by Crippen LogP contribution is 2.19. The molecule has 2 heterocycles. The average molecular weight is 184 g/mol. The average Bonchev–Trinajstić information content (AvgIpc) is 2.88. The van der Waals surface area contributed by atoms with Crippen molar-refractivity contribution >= 4 is 10.9 Å². The number of fused-ring (bicyclic) bond motifs is 1. The Balaban J connectivity index is 2.36. The quantitative estimate of drug-likeness (QED) is 0.626. The molecule has 4 heteroatoms. The van der Waals surface area contributed by atoms with Crippen LogP contribution in [0.1, 0.15) is 0 Å². The Hall–Kier alpha value is -2.10. The van der Waals surface area contributed by atoms with Crippen molar-refractivity contribution in [1.82, 2.24) is 19.7 Å². The highest BCUT2D eigenvalue weighted by Gasteiger charge is 2.02. The Labute approximate surface area is 80.2 Å². The second-order valence-electron chi connectivity index (χ2n) is 3.06. The first-order valence-electron chi connectivity index (χ1n) is 4.36. The van der Waals surface area contributed by atoms with E-state index in [1.54, 1.807) is 11.0 Å². The van der Waals surface area contributed by atoms with Crippen molar-refractivity contribution in [1.29, 1.82) is 0 Å². The van der Waals surface area contributed by atoms with Gasteiger partial charge >= 0.3 is 0 Å². The Morgan fingerprint density at radius 3 is 3.07 bits per heavy atom. The molecule has 0 amide bonds. The van der Waals surface area contributed by atoms with Crippen LogP contribution in [0.3, 0.4) is 0 Å². The fourth-order valence-electron chi connectivity index (χ4n) is 1.60. The van der Waals surface area contributed by atoms with Crippen LogP contribution in [0.25, 0.3) is 16.6 Å². The van der Waals surface area contributed by atoms with Crippen molar-refractivity contribution in [3.63, 3.8) is 0 Å². The Kier molecular flexibility index (Phi) is 1.41. The molecule has 68 valence electrons. The van der Waals surface area contributed by atoms with Gasteiger partial charge in [0.05, 0.1) is 5.69 Å². The molecule has 0 radical (unpaired) electrons. The van der Waals surface area contributed by atoms with Crippen LogP contribution < -0.4 is 0 Å². The van der Waals surface area contributed by atoms with Gasteiger partial charge in [0.2, 0.25) is 0 Å². The summed E-state index contributed by atoms with van der Waals surface area (Å²) in [5.74, 6) is 0. The van der Waals surface area contributed by atoms with E-state index in [4.69, 9.17) is 0 Å². The van der Waals surface area contributed by atoms with Crippen LogP contribution in [0, 0.1) is 0 Å². The molecule has 1 aromatic carbocycles. The summed E-state index contributed by atoms with van der Waals surface area (Å²) in [6, 6.07) is 8.09. The molecular formula is C10H8N4. The number of aromatic nitrogens is 4. The summed E-state index contributed by atoms with van der Waals surface area (Å²) >= 11 is 0. The maximum absolute atomic E-state index is 4.11. The molecule has 0 spiro atoms. The minimum absolute atomic E-state index is 1.04. The van der Waals surface area contributed by atoms with Crippen molar-refractivity contribution in [2.75, 3.05) is 0 Å². The number of aromatic amines is 1. The zero-order chi connectivity index (χ0) is 9.38. The molecule has 0 aliphatic rings. The molecule has 4 nitrogen and oxygen atoms in total. The van der Waals surface area contributed by atoms with Gasteiger partial charge in [0, 0.05) is 17.1 Å². The van der Waals surface area contributed by atoms with E-state index in [1.165, 1.54) is 6.33 Å². The number of hydrogen-bond acceptors (Lipinski definition) is 2. The van der Waals surface area contributed by atoms with Crippen LogP contribution in [0.4, 0.5) is 0 Å². The summed E-state index contributed by atoms with van der Waals surface area (Å²) < 4.78 is 1.76. The first-order valence-corrected chi connectivity index (χ1v) is 4.36. The molecule has 3 aromatic rings. The SMILES string of the molecule is c1cc(-n2cncn2)c2cc[nH]c2c1. The smallest absolute Gasteiger partial charge is 0.138 e. The molecule has 1 N–H and O–H groups in total. The molecule has 2 aromatic heterocycles. The number of hydrogen-bond donors (Lipinski definition) is 1.